The van der Waals surface area contributed by atoms with E-state index in [0.29, 0.717) is 19.5 Å². The smallest absolute Gasteiger partial charge is 0.236 e. The lowest BCUT2D eigenvalue weighted by molar-refractivity contribution is -0.130. The maximum atomic E-state index is 12.0. The average Bonchev–Trinajstić information content (AvgIpc) is 3.02. The number of likely N-dealkylation sites (N-methyl/N-ethyl adjacent to an activating group) is 1. The number of aliphatic hydroxyl groups is 1. The summed E-state index contributed by atoms with van der Waals surface area (Å²) in [6, 6.07) is 0. The molecule has 1 amide bonds. The third kappa shape index (κ3) is 4.22. The highest BCUT2D eigenvalue weighted by molar-refractivity contribution is 5.77. The average molecular weight is 391 g/mol. The van der Waals surface area contributed by atoms with Crippen molar-refractivity contribution in [2.75, 3.05) is 71.2 Å². The molecule has 2 aliphatic rings. The fourth-order valence-electron chi connectivity index (χ4n) is 4.22. The Morgan fingerprint density at radius 3 is 2.50 bits per heavy atom. The molecule has 1 aliphatic carbocycles. The van der Waals surface area contributed by atoms with Crippen LogP contribution in [0.2, 0.25) is 0 Å². The van der Waals surface area contributed by atoms with Gasteiger partial charge in [0, 0.05) is 52.3 Å². The Kier molecular flexibility index (Phi) is 6.40. The monoisotopic (exact) mass is 390 g/mol. The predicted octanol–water partition coefficient (Wildman–Crippen LogP) is 0.705. The number of piperidine rings is 1. The van der Waals surface area contributed by atoms with Gasteiger partial charge in [0.15, 0.2) is 0 Å². The van der Waals surface area contributed by atoms with E-state index in [1.165, 1.54) is 11.3 Å². The molecule has 8 nitrogen and oxygen atoms in total. The van der Waals surface area contributed by atoms with Crippen LogP contribution in [0, 0.1) is 0 Å². The van der Waals surface area contributed by atoms with Crippen molar-refractivity contribution in [2.45, 2.75) is 37.5 Å². The molecule has 28 heavy (non-hydrogen) atoms. The molecular formula is C20H34N6O2. The van der Waals surface area contributed by atoms with Gasteiger partial charge in [0.05, 0.1) is 12.2 Å². The second-order valence-corrected chi connectivity index (χ2v) is 8.44. The van der Waals surface area contributed by atoms with Crippen molar-refractivity contribution >= 4 is 17.7 Å². The molecule has 1 saturated heterocycles. The molecule has 1 fully saturated rings. The minimum absolute atomic E-state index is 0.0914. The van der Waals surface area contributed by atoms with Crippen LogP contribution in [-0.2, 0) is 16.6 Å². The standard InChI is InChI=1S/C20H34N6O2/c1-24(2)16(28)14-26-11-8-20(9-12-26)7-6-15-17(20)22-19(25(3)4)23-18(15)21-10-5-13-27/h27H,5-14H2,1-4H3,(H,21,22,23). The van der Waals surface area contributed by atoms with Crippen LogP contribution in [-0.4, -0.2) is 91.8 Å². The molecular weight excluding hydrogens is 356 g/mol. The molecule has 0 radical (unpaired) electrons. The first kappa shape index (κ1) is 20.8. The number of rotatable bonds is 7. The van der Waals surface area contributed by atoms with Gasteiger partial charge in [0.25, 0.3) is 0 Å². The zero-order chi connectivity index (χ0) is 20.3. The normalized spacial score (nSPS) is 18.2. The van der Waals surface area contributed by atoms with Gasteiger partial charge in [0.1, 0.15) is 5.82 Å². The molecule has 2 heterocycles. The van der Waals surface area contributed by atoms with Crippen LogP contribution in [0.1, 0.15) is 36.9 Å². The molecule has 0 aromatic carbocycles. The second kappa shape index (κ2) is 8.61. The lowest BCUT2D eigenvalue weighted by Gasteiger charge is -2.39. The van der Waals surface area contributed by atoms with Crippen molar-refractivity contribution in [3.05, 3.63) is 11.3 Å². The number of anilines is 2. The highest BCUT2D eigenvalue weighted by Gasteiger charge is 2.44. The second-order valence-electron chi connectivity index (χ2n) is 8.44. The summed E-state index contributed by atoms with van der Waals surface area (Å²) in [7, 11) is 7.56. The molecule has 2 N–H and O–H groups in total. The van der Waals surface area contributed by atoms with Crippen LogP contribution < -0.4 is 10.2 Å². The number of nitrogens with one attached hydrogen (secondary N) is 1. The molecule has 1 aliphatic heterocycles. The van der Waals surface area contributed by atoms with Crippen molar-refractivity contribution < 1.29 is 9.90 Å². The van der Waals surface area contributed by atoms with Crippen LogP contribution in [0.15, 0.2) is 0 Å². The first-order valence-corrected chi connectivity index (χ1v) is 10.2. The number of nitrogens with zero attached hydrogens (tertiary/aromatic N) is 5. The molecule has 1 aromatic rings. The minimum atomic E-state index is 0.0914. The van der Waals surface area contributed by atoms with E-state index in [0.717, 1.165) is 50.5 Å². The lowest BCUT2D eigenvalue weighted by Crippen LogP contribution is -2.45. The van der Waals surface area contributed by atoms with Gasteiger partial charge in [-0.15, -0.1) is 0 Å². The van der Waals surface area contributed by atoms with Crippen molar-refractivity contribution in [3.63, 3.8) is 0 Å². The Bertz CT molecular complexity index is 698. The van der Waals surface area contributed by atoms with Crippen LogP contribution in [0.5, 0.6) is 0 Å². The molecule has 1 spiro atoms. The minimum Gasteiger partial charge on any atom is -0.396 e. The molecule has 156 valence electrons. The summed E-state index contributed by atoms with van der Waals surface area (Å²) in [6.45, 7) is 3.23. The Morgan fingerprint density at radius 2 is 1.89 bits per heavy atom. The van der Waals surface area contributed by atoms with E-state index in [1.54, 1.807) is 4.90 Å². The van der Waals surface area contributed by atoms with Gasteiger partial charge in [-0.25, -0.2) is 4.98 Å². The van der Waals surface area contributed by atoms with Gasteiger partial charge in [-0.05, 0) is 45.2 Å². The Morgan fingerprint density at radius 1 is 1.18 bits per heavy atom. The number of aliphatic hydroxyl groups excluding tert-OH is 1. The SMILES string of the molecule is CN(C)C(=O)CN1CCC2(CCc3c(NCCCO)nc(N(C)C)nc32)CC1. The van der Waals surface area contributed by atoms with Crippen molar-refractivity contribution in [1.82, 2.24) is 19.8 Å². The Hall–Kier alpha value is -1.93. The van der Waals surface area contributed by atoms with Crippen LogP contribution in [0.4, 0.5) is 11.8 Å². The van der Waals surface area contributed by atoms with Crippen LogP contribution >= 0.6 is 0 Å². The topological polar surface area (TPSA) is 84.8 Å². The zero-order valence-electron chi connectivity index (χ0n) is 17.7. The summed E-state index contributed by atoms with van der Waals surface area (Å²) < 4.78 is 0. The molecule has 0 bridgehead atoms. The van der Waals surface area contributed by atoms with Gasteiger partial charge < -0.3 is 20.2 Å². The van der Waals surface area contributed by atoms with Gasteiger partial charge in [0.2, 0.25) is 11.9 Å². The van der Waals surface area contributed by atoms with Crippen molar-refractivity contribution in [1.29, 1.82) is 0 Å². The number of carbonyl (C=O) groups is 1. The van der Waals surface area contributed by atoms with E-state index in [1.807, 2.05) is 33.1 Å². The first-order chi connectivity index (χ1) is 13.4. The number of hydrogen-bond acceptors (Lipinski definition) is 7. The number of aromatic nitrogens is 2. The van der Waals surface area contributed by atoms with Gasteiger partial charge in [-0.1, -0.05) is 0 Å². The largest absolute Gasteiger partial charge is 0.396 e. The molecule has 1 aromatic heterocycles. The molecule has 0 atom stereocenters. The summed E-state index contributed by atoms with van der Waals surface area (Å²) in [5, 5.41) is 12.5. The highest BCUT2D eigenvalue weighted by atomic mass is 16.3. The summed E-state index contributed by atoms with van der Waals surface area (Å²) >= 11 is 0. The van der Waals surface area contributed by atoms with E-state index in [-0.39, 0.29) is 17.9 Å². The van der Waals surface area contributed by atoms with Gasteiger partial charge >= 0.3 is 0 Å². The van der Waals surface area contributed by atoms with E-state index in [9.17, 15) is 4.79 Å². The van der Waals surface area contributed by atoms with E-state index >= 15 is 0 Å². The summed E-state index contributed by atoms with van der Waals surface area (Å²) in [4.78, 5) is 27.6. The van der Waals surface area contributed by atoms with Crippen LogP contribution in [0.3, 0.4) is 0 Å². The summed E-state index contributed by atoms with van der Waals surface area (Å²) in [5.41, 5.74) is 2.52. The number of hydrogen-bond donors (Lipinski definition) is 2. The molecule has 8 heteroatoms. The van der Waals surface area contributed by atoms with E-state index in [4.69, 9.17) is 15.1 Å². The third-order valence-corrected chi connectivity index (χ3v) is 6.05. The maximum absolute atomic E-state index is 12.0. The number of carbonyl (C=O) groups excluding carboxylic acids is 1. The van der Waals surface area contributed by atoms with Crippen molar-refractivity contribution in [2.24, 2.45) is 0 Å². The van der Waals surface area contributed by atoms with Gasteiger partial charge in [-0.2, -0.15) is 4.98 Å². The quantitative estimate of drug-likeness (QED) is 0.663. The number of likely N-dealkylation sites (tertiary alicyclic amines) is 1. The molecule has 0 saturated carbocycles. The van der Waals surface area contributed by atoms with Crippen molar-refractivity contribution in [3.8, 4) is 0 Å². The number of fused-ring (bicyclic) bond motifs is 2. The summed E-state index contributed by atoms with van der Waals surface area (Å²) in [5.74, 6) is 1.82. The highest BCUT2D eigenvalue weighted by Crippen LogP contribution is 2.47. The molecule has 0 unspecified atom stereocenters. The zero-order valence-corrected chi connectivity index (χ0v) is 17.7. The Balaban J connectivity index is 1.80. The fourth-order valence-corrected chi connectivity index (χ4v) is 4.22. The van der Waals surface area contributed by atoms with Crippen LogP contribution in [0.25, 0.3) is 0 Å². The third-order valence-electron chi connectivity index (χ3n) is 6.05. The van der Waals surface area contributed by atoms with E-state index in [2.05, 4.69) is 10.2 Å². The summed E-state index contributed by atoms with van der Waals surface area (Å²) in [6.07, 6.45) is 4.84. The van der Waals surface area contributed by atoms with E-state index < -0.39 is 0 Å². The number of amides is 1. The maximum Gasteiger partial charge on any atom is 0.236 e. The fraction of sp³-hybridized carbons (Fsp3) is 0.750. The predicted molar refractivity (Wildman–Crippen MR) is 111 cm³/mol. The first-order valence-electron chi connectivity index (χ1n) is 10.2. The Labute approximate surface area is 167 Å². The van der Waals surface area contributed by atoms with Gasteiger partial charge in [-0.3, -0.25) is 9.69 Å². The molecule has 3 rings (SSSR count). The lowest BCUT2D eigenvalue weighted by atomic mass is 9.76.